The van der Waals surface area contributed by atoms with Crippen LogP contribution in [0.1, 0.15) is 31.4 Å². The fraction of sp³-hybridized carbons (Fsp3) is 0.462. The third-order valence-corrected chi connectivity index (χ3v) is 2.55. The van der Waals surface area contributed by atoms with Crippen molar-refractivity contribution in [2.45, 2.75) is 25.8 Å². The van der Waals surface area contributed by atoms with Crippen molar-refractivity contribution in [3.8, 4) is 5.75 Å². The van der Waals surface area contributed by atoms with E-state index < -0.39 is 0 Å². The van der Waals surface area contributed by atoms with Crippen LogP contribution < -0.4 is 15.8 Å². The molecule has 4 nitrogen and oxygen atoms in total. The third-order valence-electron chi connectivity index (χ3n) is 2.55. The van der Waals surface area contributed by atoms with Gasteiger partial charge in [0.2, 0.25) is 5.91 Å². The fourth-order valence-electron chi connectivity index (χ4n) is 1.55. The minimum Gasteiger partial charge on any atom is -0.493 e. The van der Waals surface area contributed by atoms with Crippen LogP contribution in [0.15, 0.2) is 18.2 Å². The Kier molecular flexibility index (Phi) is 5.58. The molecule has 0 aromatic heterocycles. The molecule has 0 aliphatic heterocycles. The molecule has 1 aromatic carbocycles. The molecule has 100 valence electrons. The van der Waals surface area contributed by atoms with Gasteiger partial charge in [-0.2, -0.15) is 0 Å². The van der Waals surface area contributed by atoms with Crippen LogP contribution in [-0.2, 0) is 4.79 Å². The van der Waals surface area contributed by atoms with Crippen LogP contribution in [0.2, 0.25) is 0 Å². The van der Waals surface area contributed by atoms with Crippen molar-refractivity contribution in [2.75, 3.05) is 13.7 Å². The van der Waals surface area contributed by atoms with E-state index in [9.17, 15) is 9.18 Å². The van der Waals surface area contributed by atoms with Crippen LogP contribution in [0.25, 0.3) is 0 Å². The lowest BCUT2D eigenvalue weighted by molar-refractivity contribution is -0.120. The molecule has 0 radical (unpaired) electrons. The van der Waals surface area contributed by atoms with Gasteiger partial charge in [0.25, 0.3) is 0 Å². The monoisotopic (exact) mass is 254 g/mol. The summed E-state index contributed by atoms with van der Waals surface area (Å²) in [4.78, 5) is 11.0. The van der Waals surface area contributed by atoms with Crippen molar-refractivity contribution in [3.05, 3.63) is 29.6 Å². The SMILES string of the molecule is CNC(=O)CCCOc1ccc(F)cc1C(C)N. The standard InChI is InChI=1S/C13H19FN2O2/c1-9(15)11-8-10(14)5-6-12(11)18-7-3-4-13(17)16-2/h5-6,8-9H,3-4,7,15H2,1-2H3,(H,16,17). The van der Waals surface area contributed by atoms with Crippen LogP contribution in [0.5, 0.6) is 5.75 Å². The van der Waals surface area contributed by atoms with E-state index in [1.54, 1.807) is 20.0 Å². The van der Waals surface area contributed by atoms with E-state index in [0.717, 1.165) is 0 Å². The summed E-state index contributed by atoms with van der Waals surface area (Å²) in [5.74, 6) is 0.216. The van der Waals surface area contributed by atoms with Gasteiger partial charge in [0.15, 0.2) is 0 Å². The maximum atomic E-state index is 13.1. The molecule has 1 rings (SSSR count). The molecule has 0 fully saturated rings. The second-order valence-electron chi connectivity index (χ2n) is 4.10. The number of halogens is 1. The predicted molar refractivity (Wildman–Crippen MR) is 67.8 cm³/mol. The average Bonchev–Trinajstić information content (AvgIpc) is 2.35. The van der Waals surface area contributed by atoms with Gasteiger partial charge in [-0.3, -0.25) is 4.79 Å². The predicted octanol–water partition coefficient (Wildman–Crippen LogP) is 1.75. The van der Waals surface area contributed by atoms with Crippen molar-refractivity contribution >= 4 is 5.91 Å². The van der Waals surface area contributed by atoms with Crippen molar-refractivity contribution in [2.24, 2.45) is 5.73 Å². The number of nitrogens with one attached hydrogen (secondary N) is 1. The zero-order valence-corrected chi connectivity index (χ0v) is 10.7. The molecule has 5 heteroatoms. The maximum absolute atomic E-state index is 13.1. The summed E-state index contributed by atoms with van der Waals surface area (Å²) in [5.41, 5.74) is 6.38. The molecule has 0 bridgehead atoms. The van der Waals surface area contributed by atoms with Gasteiger partial charge in [-0.05, 0) is 31.5 Å². The van der Waals surface area contributed by atoms with E-state index in [4.69, 9.17) is 10.5 Å². The van der Waals surface area contributed by atoms with Gasteiger partial charge in [-0.15, -0.1) is 0 Å². The Morgan fingerprint density at radius 3 is 2.89 bits per heavy atom. The highest BCUT2D eigenvalue weighted by Gasteiger charge is 2.09. The number of rotatable bonds is 6. The first kappa shape index (κ1) is 14.4. The Balaban J connectivity index is 2.54. The minimum absolute atomic E-state index is 0.0230. The summed E-state index contributed by atoms with van der Waals surface area (Å²) in [7, 11) is 1.59. The zero-order valence-electron chi connectivity index (χ0n) is 10.7. The van der Waals surface area contributed by atoms with Gasteiger partial charge in [0.1, 0.15) is 11.6 Å². The number of hydrogen-bond donors (Lipinski definition) is 2. The molecule has 0 aliphatic rings. The number of amides is 1. The van der Waals surface area contributed by atoms with E-state index in [2.05, 4.69) is 5.32 Å². The van der Waals surface area contributed by atoms with Crippen molar-refractivity contribution < 1.29 is 13.9 Å². The van der Waals surface area contributed by atoms with Gasteiger partial charge in [0, 0.05) is 25.1 Å². The topological polar surface area (TPSA) is 64.3 Å². The lowest BCUT2D eigenvalue weighted by Crippen LogP contribution is -2.18. The summed E-state index contributed by atoms with van der Waals surface area (Å²) in [6, 6.07) is 3.97. The molecule has 0 spiro atoms. The van der Waals surface area contributed by atoms with Crippen molar-refractivity contribution in [3.63, 3.8) is 0 Å². The van der Waals surface area contributed by atoms with Crippen molar-refractivity contribution in [1.82, 2.24) is 5.32 Å². The fourth-order valence-corrected chi connectivity index (χ4v) is 1.55. The van der Waals surface area contributed by atoms with Crippen LogP contribution in [0, 0.1) is 5.82 Å². The van der Waals surface area contributed by atoms with Gasteiger partial charge < -0.3 is 15.8 Å². The van der Waals surface area contributed by atoms with Crippen LogP contribution in [-0.4, -0.2) is 19.6 Å². The van der Waals surface area contributed by atoms with E-state index in [-0.39, 0.29) is 17.8 Å². The largest absolute Gasteiger partial charge is 0.493 e. The Bertz CT molecular complexity index is 408. The number of carbonyl (C=O) groups excluding carboxylic acids is 1. The number of ether oxygens (including phenoxy) is 1. The summed E-state index contributed by atoms with van der Waals surface area (Å²) in [5, 5.41) is 2.54. The first-order chi connectivity index (χ1) is 8.54. The second kappa shape index (κ2) is 6.96. The molecule has 0 saturated heterocycles. The minimum atomic E-state index is -0.333. The Morgan fingerprint density at radius 2 is 2.28 bits per heavy atom. The lowest BCUT2D eigenvalue weighted by atomic mass is 10.1. The van der Waals surface area contributed by atoms with Crippen LogP contribution >= 0.6 is 0 Å². The highest BCUT2D eigenvalue weighted by atomic mass is 19.1. The summed E-state index contributed by atoms with van der Waals surface area (Å²) in [6.07, 6.45) is 1.01. The lowest BCUT2D eigenvalue weighted by Gasteiger charge is -2.14. The van der Waals surface area contributed by atoms with Crippen LogP contribution in [0.4, 0.5) is 4.39 Å². The first-order valence-electron chi connectivity index (χ1n) is 5.93. The molecule has 0 aliphatic carbocycles. The molecule has 1 atom stereocenters. The molecule has 1 amide bonds. The van der Waals surface area contributed by atoms with Crippen molar-refractivity contribution in [1.29, 1.82) is 0 Å². The molecule has 1 unspecified atom stereocenters. The smallest absolute Gasteiger partial charge is 0.219 e. The number of benzene rings is 1. The second-order valence-corrected chi connectivity index (χ2v) is 4.10. The average molecular weight is 254 g/mol. The third kappa shape index (κ3) is 4.33. The number of nitrogens with two attached hydrogens (primary N) is 1. The zero-order chi connectivity index (χ0) is 13.5. The quantitative estimate of drug-likeness (QED) is 0.760. The number of hydrogen-bond acceptors (Lipinski definition) is 3. The Labute approximate surface area is 106 Å². The first-order valence-corrected chi connectivity index (χ1v) is 5.93. The Hall–Kier alpha value is -1.62. The molecule has 3 N–H and O–H groups in total. The molecule has 18 heavy (non-hydrogen) atoms. The Morgan fingerprint density at radius 1 is 1.56 bits per heavy atom. The highest BCUT2D eigenvalue weighted by Crippen LogP contribution is 2.24. The summed E-state index contributed by atoms with van der Waals surface area (Å²) >= 11 is 0. The van der Waals surface area contributed by atoms with Crippen LogP contribution in [0.3, 0.4) is 0 Å². The van der Waals surface area contributed by atoms with Gasteiger partial charge in [-0.1, -0.05) is 0 Å². The van der Waals surface area contributed by atoms with Gasteiger partial charge in [-0.25, -0.2) is 4.39 Å². The van der Waals surface area contributed by atoms with E-state index >= 15 is 0 Å². The van der Waals surface area contributed by atoms with E-state index in [0.29, 0.717) is 30.8 Å². The van der Waals surface area contributed by atoms with Gasteiger partial charge in [0.05, 0.1) is 6.61 Å². The molecular formula is C13H19FN2O2. The molecular weight excluding hydrogens is 235 g/mol. The van der Waals surface area contributed by atoms with E-state index in [1.165, 1.54) is 12.1 Å². The van der Waals surface area contributed by atoms with Gasteiger partial charge >= 0.3 is 0 Å². The van der Waals surface area contributed by atoms with E-state index in [1.807, 2.05) is 0 Å². The molecule has 0 heterocycles. The highest BCUT2D eigenvalue weighted by molar-refractivity contribution is 5.75. The maximum Gasteiger partial charge on any atom is 0.219 e. The normalized spacial score (nSPS) is 12.0. The molecule has 0 saturated carbocycles. The number of carbonyl (C=O) groups is 1. The molecule has 1 aromatic rings. The summed E-state index contributed by atoms with van der Waals surface area (Å²) in [6.45, 7) is 2.17. The summed E-state index contributed by atoms with van der Waals surface area (Å²) < 4.78 is 18.6.